The molecule has 118 valence electrons. The quantitative estimate of drug-likeness (QED) is 0.914. The summed E-state index contributed by atoms with van der Waals surface area (Å²) in [4.78, 5) is 11.3. The van der Waals surface area contributed by atoms with Gasteiger partial charge >= 0.3 is 0 Å². The normalized spacial score (nSPS) is 18.7. The lowest BCUT2D eigenvalue weighted by molar-refractivity contribution is 0.266. The van der Waals surface area contributed by atoms with Gasteiger partial charge in [0.25, 0.3) is 0 Å². The van der Waals surface area contributed by atoms with Crippen molar-refractivity contribution in [3.05, 3.63) is 29.1 Å². The second kappa shape index (κ2) is 6.00. The van der Waals surface area contributed by atoms with Crippen LogP contribution in [0.2, 0.25) is 0 Å². The molecule has 0 unspecified atom stereocenters. The molecule has 0 amide bonds. The lowest BCUT2D eigenvalue weighted by Gasteiger charge is -2.32. The summed E-state index contributed by atoms with van der Waals surface area (Å²) < 4.78 is 1.90. The SMILES string of the molecule is Cc1cc(C)nc(N2CCC[C@H](c3nnc(CO)n3C)C2)n1. The highest BCUT2D eigenvalue weighted by atomic mass is 16.3. The van der Waals surface area contributed by atoms with E-state index in [1.807, 2.05) is 31.5 Å². The van der Waals surface area contributed by atoms with Gasteiger partial charge in [0.05, 0.1) is 0 Å². The molecule has 0 spiro atoms. The first kappa shape index (κ1) is 14.9. The van der Waals surface area contributed by atoms with Gasteiger partial charge < -0.3 is 14.6 Å². The number of aromatic nitrogens is 5. The van der Waals surface area contributed by atoms with Crippen LogP contribution in [0, 0.1) is 13.8 Å². The maximum absolute atomic E-state index is 9.27. The Morgan fingerprint density at radius 2 is 1.95 bits per heavy atom. The third-order valence-electron chi connectivity index (χ3n) is 4.18. The van der Waals surface area contributed by atoms with Gasteiger partial charge in [-0.25, -0.2) is 9.97 Å². The highest BCUT2D eigenvalue weighted by Crippen LogP contribution is 2.27. The van der Waals surface area contributed by atoms with Crippen molar-refractivity contribution in [2.75, 3.05) is 18.0 Å². The molecule has 1 N–H and O–H groups in total. The molecular formula is C15H22N6O. The summed E-state index contributed by atoms with van der Waals surface area (Å²) in [5, 5.41) is 17.6. The lowest BCUT2D eigenvalue weighted by Crippen LogP contribution is -2.36. The molecule has 3 heterocycles. The standard InChI is InChI=1S/C15H22N6O/c1-10-7-11(2)17-15(16-10)21-6-4-5-12(8-21)14-19-18-13(9-22)20(14)3/h7,12,22H,4-6,8-9H2,1-3H3/t12-/m0/s1. The van der Waals surface area contributed by atoms with Crippen LogP contribution in [0.25, 0.3) is 0 Å². The van der Waals surface area contributed by atoms with Crippen LogP contribution in [-0.4, -0.2) is 42.9 Å². The Morgan fingerprint density at radius 3 is 2.59 bits per heavy atom. The zero-order chi connectivity index (χ0) is 15.7. The van der Waals surface area contributed by atoms with Crippen molar-refractivity contribution in [2.45, 2.75) is 39.2 Å². The Labute approximate surface area is 130 Å². The Kier molecular flexibility index (Phi) is 4.06. The van der Waals surface area contributed by atoms with Gasteiger partial charge in [0, 0.05) is 37.4 Å². The maximum atomic E-state index is 9.27. The van der Waals surface area contributed by atoms with Gasteiger partial charge in [-0.15, -0.1) is 10.2 Å². The van der Waals surface area contributed by atoms with Crippen molar-refractivity contribution in [1.29, 1.82) is 0 Å². The molecule has 0 radical (unpaired) electrons. The van der Waals surface area contributed by atoms with Crippen LogP contribution in [0.5, 0.6) is 0 Å². The molecule has 0 aliphatic carbocycles. The van der Waals surface area contributed by atoms with Gasteiger partial charge in [-0.1, -0.05) is 0 Å². The van der Waals surface area contributed by atoms with Gasteiger partial charge in [-0.05, 0) is 32.8 Å². The van der Waals surface area contributed by atoms with Gasteiger partial charge in [0.15, 0.2) is 5.82 Å². The maximum Gasteiger partial charge on any atom is 0.225 e. The van der Waals surface area contributed by atoms with E-state index >= 15 is 0 Å². The molecule has 0 bridgehead atoms. The van der Waals surface area contributed by atoms with E-state index in [4.69, 9.17) is 0 Å². The monoisotopic (exact) mass is 302 g/mol. The van der Waals surface area contributed by atoms with E-state index in [1.54, 1.807) is 0 Å². The predicted octanol–water partition coefficient (Wildman–Crippen LogP) is 1.10. The number of aliphatic hydroxyl groups excluding tert-OH is 1. The Hall–Kier alpha value is -2.02. The fourth-order valence-electron chi connectivity index (χ4n) is 3.09. The van der Waals surface area contributed by atoms with Crippen LogP contribution in [0.4, 0.5) is 5.95 Å². The van der Waals surface area contributed by atoms with Gasteiger partial charge in [-0.2, -0.15) is 0 Å². The summed E-state index contributed by atoms with van der Waals surface area (Å²) in [6, 6.07) is 1.99. The minimum atomic E-state index is -0.0832. The minimum Gasteiger partial charge on any atom is -0.388 e. The first-order valence-electron chi connectivity index (χ1n) is 7.64. The van der Waals surface area contributed by atoms with Crippen molar-refractivity contribution in [1.82, 2.24) is 24.7 Å². The molecule has 1 aliphatic rings. The van der Waals surface area contributed by atoms with Crippen LogP contribution >= 0.6 is 0 Å². The van der Waals surface area contributed by atoms with Crippen LogP contribution < -0.4 is 4.90 Å². The molecule has 2 aromatic rings. The second-order valence-corrected chi connectivity index (χ2v) is 5.93. The van der Waals surface area contributed by atoms with Crippen molar-refractivity contribution >= 4 is 5.95 Å². The summed E-state index contributed by atoms with van der Waals surface area (Å²) in [6.45, 7) is 5.70. The number of rotatable bonds is 3. The highest BCUT2D eigenvalue weighted by molar-refractivity contribution is 5.34. The largest absolute Gasteiger partial charge is 0.388 e. The summed E-state index contributed by atoms with van der Waals surface area (Å²) >= 11 is 0. The molecule has 1 fully saturated rings. The zero-order valence-electron chi connectivity index (χ0n) is 13.3. The van der Waals surface area contributed by atoms with Gasteiger partial charge in [0.2, 0.25) is 5.95 Å². The number of aliphatic hydroxyl groups is 1. The molecule has 7 heteroatoms. The van der Waals surface area contributed by atoms with E-state index < -0.39 is 0 Å². The second-order valence-electron chi connectivity index (χ2n) is 5.93. The van der Waals surface area contributed by atoms with E-state index in [2.05, 4.69) is 25.1 Å². The number of aryl methyl sites for hydroxylation is 2. The molecule has 1 atom stereocenters. The average Bonchev–Trinajstić information content (AvgIpc) is 2.87. The first-order valence-corrected chi connectivity index (χ1v) is 7.64. The number of anilines is 1. The van der Waals surface area contributed by atoms with Crippen LogP contribution in [0.1, 0.15) is 41.8 Å². The van der Waals surface area contributed by atoms with Crippen LogP contribution in [0.3, 0.4) is 0 Å². The number of hydrogen-bond acceptors (Lipinski definition) is 6. The molecule has 1 aliphatic heterocycles. The zero-order valence-corrected chi connectivity index (χ0v) is 13.3. The first-order chi connectivity index (χ1) is 10.6. The minimum absolute atomic E-state index is 0.0832. The number of nitrogens with zero attached hydrogens (tertiary/aromatic N) is 6. The Bertz CT molecular complexity index is 648. The topological polar surface area (TPSA) is 80.0 Å². The summed E-state index contributed by atoms with van der Waals surface area (Å²) in [5.74, 6) is 2.62. The number of hydrogen-bond donors (Lipinski definition) is 1. The van der Waals surface area contributed by atoms with Crippen molar-refractivity contribution in [2.24, 2.45) is 7.05 Å². The molecule has 3 rings (SSSR count). The Morgan fingerprint density at radius 1 is 1.23 bits per heavy atom. The highest BCUT2D eigenvalue weighted by Gasteiger charge is 2.27. The van der Waals surface area contributed by atoms with E-state index in [1.165, 1.54) is 0 Å². The fourth-order valence-corrected chi connectivity index (χ4v) is 3.09. The smallest absolute Gasteiger partial charge is 0.225 e. The molecule has 0 aromatic carbocycles. The van der Waals surface area contributed by atoms with E-state index in [0.29, 0.717) is 5.82 Å². The fraction of sp³-hybridized carbons (Fsp3) is 0.600. The Balaban J connectivity index is 1.83. The molecule has 2 aromatic heterocycles. The van der Waals surface area contributed by atoms with E-state index in [0.717, 1.165) is 49.1 Å². The molecule has 22 heavy (non-hydrogen) atoms. The van der Waals surface area contributed by atoms with Crippen molar-refractivity contribution < 1.29 is 5.11 Å². The van der Waals surface area contributed by atoms with Crippen LogP contribution in [-0.2, 0) is 13.7 Å². The van der Waals surface area contributed by atoms with E-state index in [-0.39, 0.29) is 12.5 Å². The van der Waals surface area contributed by atoms with Gasteiger partial charge in [0.1, 0.15) is 12.4 Å². The lowest BCUT2D eigenvalue weighted by atomic mass is 9.97. The number of piperidine rings is 1. The molecule has 0 saturated carbocycles. The summed E-state index contributed by atoms with van der Waals surface area (Å²) in [6.07, 6.45) is 2.14. The molecule has 7 nitrogen and oxygen atoms in total. The molecular weight excluding hydrogens is 280 g/mol. The summed E-state index contributed by atoms with van der Waals surface area (Å²) in [5.41, 5.74) is 1.98. The third-order valence-corrected chi connectivity index (χ3v) is 4.18. The molecule has 1 saturated heterocycles. The predicted molar refractivity (Wildman–Crippen MR) is 82.6 cm³/mol. The van der Waals surface area contributed by atoms with Crippen LogP contribution in [0.15, 0.2) is 6.07 Å². The van der Waals surface area contributed by atoms with Crippen molar-refractivity contribution in [3.63, 3.8) is 0 Å². The van der Waals surface area contributed by atoms with E-state index in [9.17, 15) is 5.11 Å². The third kappa shape index (κ3) is 2.81. The van der Waals surface area contributed by atoms with Crippen molar-refractivity contribution in [3.8, 4) is 0 Å². The average molecular weight is 302 g/mol. The van der Waals surface area contributed by atoms with Gasteiger partial charge in [-0.3, -0.25) is 0 Å². The summed E-state index contributed by atoms with van der Waals surface area (Å²) in [7, 11) is 1.91.